The summed E-state index contributed by atoms with van der Waals surface area (Å²) in [5.41, 5.74) is 3.54. The Labute approximate surface area is 143 Å². The van der Waals surface area contributed by atoms with E-state index < -0.39 is 0 Å². The second-order valence-corrected chi connectivity index (χ2v) is 6.39. The number of anilines is 1. The van der Waals surface area contributed by atoms with Crippen molar-refractivity contribution in [2.45, 2.75) is 13.8 Å². The summed E-state index contributed by atoms with van der Waals surface area (Å²) in [7, 11) is 0. The molecule has 0 heterocycles. The van der Waals surface area contributed by atoms with E-state index in [2.05, 4.69) is 33.2 Å². The molecule has 2 aromatic carbocycles. The topological polar surface area (TPSA) is 41.1 Å². The number of carbonyl (C=O) groups is 1. The number of amides is 1. The van der Waals surface area contributed by atoms with Crippen LogP contribution in [0.4, 0.5) is 5.69 Å². The van der Waals surface area contributed by atoms with Gasteiger partial charge < -0.3 is 5.32 Å². The maximum atomic E-state index is 12.2. The summed E-state index contributed by atoms with van der Waals surface area (Å²) in [6.45, 7) is 3.91. The molecule has 3 nitrogen and oxygen atoms in total. The summed E-state index contributed by atoms with van der Waals surface area (Å²) in [6.07, 6.45) is 0. The SMILES string of the molecule is Cc1ccc(C(=O)NC(=S)Nc2ccc(I)cc2)c(C)c1. The van der Waals surface area contributed by atoms with Crippen LogP contribution in [0.25, 0.3) is 0 Å². The van der Waals surface area contributed by atoms with Gasteiger partial charge in [0.15, 0.2) is 5.11 Å². The largest absolute Gasteiger partial charge is 0.332 e. The van der Waals surface area contributed by atoms with Gasteiger partial charge in [-0.3, -0.25) is 10.1 Å². The molecule has 0 saturated heterocycles. The lowest BCUT2D eigenvalue weighted by atomic mass is 10.1. The molecule has 108 valence electrons. The van der Waals surface area contributed by atoms with Crippen LogP contribution in [-0.4, -0.2) is 11.0 Å². The first-order chi connectivity index (χ1) is 9.95. The van der Waals surface area contributed by atoms with E-state index in [4.69, 9.17) is 12.2 Å². The number of nitrogens with one attached hydrogen (secondary N) is 2. The van der Waals surface area contributed by atoms with E-state index in [9.17, 15) is 4.79 Å². The van der Waals surface area contributed by atoms with E-state index in [0.717, 1.165) is 20.4 Å². The summed E-state index contributed by atoms with van der Waals surface area (Å²) in [6, 6.07) is 13.5. The van der Waals surface area contributed by atoms with Gasteiger partial charge in [0, 0.05) is 14.8 Å². The number of aryl methyl sites for hydroxylation is 2. The third-order valence-electron chi connectivity index (χ3n) is 2.96. The van der Waals surface area contributed by atoms with Crippen LogP contribution in [0, 0.1) is 17.4 Å². The normalized spacial score (nSPS) is 10.0. The van der Waals surface area contributed by atoms with Crippen LogP contribution in [0.2, 0.25) is 0 Å². The number of rotatable bonds is 2. The van der Waals surface area contributed by atoms with Crippen LogP contribution in [-0.2, 0) is 0 Å². The third-order valence-corrected chi connectivity index (χ3v) is 3.88. The molecule has 0 saturated carbocycles. The van der Waals surface area contributed by atoms with Crippen molar-refractivity contribution >= 4 is 51.5 Å². The first-order valence-electron chi connectivity index (χ1n) is 6.41. The minimum absolute atomic E-state index is 0.199. The van der Waals surface area contributed by atoms with Gasteiger partial charge >= 0.3 is 0 Å². The average molecular weight is 410 g/mol. The Balaban J connectivity index is 2.02. The Hall–Kier alpha value is -1.47. The quantitative estimate of drug-likeness (QED) is 0.580. The van der Waals surface area contributed by atoms with Gasteiger partial charge in [0.1, 0.15) is 0 Å². The number of hydrogen-bond acceptors (Lipinski definition) is 2. The molecule has 5 heteroatoms. The lowest BCUT2D eigenvalue weighted by molar-refractivity contribution is 0.0977. The molecule has 0 atom stereocenters. The van der Waals surface area contributed by atoms with Crippen molar-refractivity contribution in [1.29, 1.82) is 0 Å². The number of benzene rings is 2. The van der Waals surface area contributed by atoms with Gasteiger partial charge in [0.05, 0.1) is 0 Å². The smallest absolute Gasteiger partial charge is 0.257 e. The summed E-state index contributed by atoms with van der Waals surface area (Å²) >= 11 is 7.40. The molecule has 0 unspecified atom stereocenters. The molecule has 2 rings (SSSR count). The highest BCUT2D eigenvalue weighted by molar-refractivity contribution is 14.1. The van der Waals surface area contributed by atoms with E-state index in [1.54, 1.807) is 0 Å². The van der Waals surface area contributed by atoms with Gasteiger partial charge in [-0.25, -0.2) is 0 Å². The third kappa shape index (κ3) is 4.50. The van der Waals surface area contributed by atoms with Crippen LogP contribution in [0.3, 0.4) is 0 Å². The lowest BCUT2D eigenvalue weighted by Crippen LogP contribution is -2.34. The van der Waals surface area contributed by atoms with E-state index in [1.165, 1.54) is 0 Å². The average Bonchev–Trinajstić information content (AvgIpc) is 2.41. The zero-order valence-electron chi connectivity index (χ0n) is 11.7. The maximum Gasteiger partial charge on any atom is 0.257 e. The molecule has 0 fully saturated rings. The fraction of sp³-hybridized carbons (Fsp3) is 0.125. The van der Waals surface area contributed by atoms with Crippen LogP contribution in [0.15, 0.2) is 42.5 Å². The Morgan fingerprint density at radius 3 is 2.38 bits per heavy atom. The van der Waals surface area contributed by atoms with E-state index in [0.29, 0.717) is 10.7 Å². The Bertz CT molecular complexity index is 683. The minimum Gasteiger partial charge on any atom is -0.332 e. The first-order valence-corrected chi connectivity index (χ1v) is 7.89. The van der Waals surface area contributed by atoms with Crippen LogP contribution in [0.1, 0.15) is 21.5 Å². The zero-order valence-corrected chi connectivity index (χ0v) is 14.7. The predicted octanol–water partition coefficient (Wildman–Crippen LogP) is 4.03. The molecular formula is C16H15IN2OS. The monoisotopic (exact) mass is 410 g/mol. The van der Waals surface area contributed by atoms with E-state index in [-0.39, 0.29) is 5.91 Å². The van der Waals surface area contributed by atoms with Gasteiger partial charge in [-0.05, 0) is 84.6 Å². The van der Waals surface area contributed by atoms with Crippen LogP contribution in [0.5, 0.6) is 0 Å². The molecule has 0 aliphatic rings. The Kier molecular flexibility index (Phi) is 5.30. The minimum atomic E-state index is -0.199. The molecule has 0 aromatic heterocycles. The summed E-state index contributed by atoms with van der Waals surface area (Å²) < 4.78 is 1.14. The second kappa shape index (κ2) is 7.00. The summed E-state index contributed by atoms with van der Waals surface area (Å²) in [5.74, 6) is -0.199. The highest BCUT2D eigenvalue weighted by atomic mass is 127. The Morgan fingerprint density at radius 1 is 1.10 bits per heavy atom. The van der Waals surface area contributed by atoms with Crippen molar-refractivity contribution in [2.75, 3.05) is 5.32 Å². The lowest BCUT2D eigenvalue weighted by Gasteiger charge is -2.11. The van der Waals surface area contributed by atoms with Crippen molar-refractivity contribution in [1.82, 2.24) is 5.32 Å². The number of carbonyl (C=O) groups excluding carboxylic acids is 1. The highest BCUT2D eigenvalue weighted by Gasteiger charge is 2.10. The number of thiocarbonyl (C=S) groups is 1. The van der Waals surface area contributed by atoms with Crippen molar-refractivity contribution in [3.05, 3.63) is 62.7 Å². The van der Waals surface area contributed by atoms with Gasteiger partial charge in [-0.1, -0.05) is 17.7 Å². The molecule has 0 bridgehead atoms. The zero-order chi connectivity index (χ0) is 15.4. The van der Waals surface area contributed by atoms with Crippen LogP contribution < -0.4 is 10.6 Å². The molecule has 2 N–H and O–H groups in total. The van der Waals surface area contributed by atoms with Gasteiger partial charge in [0.2, 0.25) is 0 Å². The summed E-state index contributed by atoms with van der Waals surface area (Å²) in [4.78, 5) is 12.2. The molecule has 0 aliphatic heterocycles. The van der Waals surface area contributed by atoms with Crippen molar-refractivity contribution < 1.29 is 4.79 Å². The fourth-order valence-electron chi connectivity index (χ4n) is 1.93. The molecule has 21 heavy (non-hydrogen) atoms. The molecular weight excluding hydrogens is 395 g/mol. The molecule has 1 amide bonds. The van der Waals surface area contributed by atoms with Gasteiger partial charge in [-0.2, -0.15) is 0 Å². The van der Waals surface area contributed by atoms with Crippen molar-refractivity contribution in [3.63, 3.8) is 0 Å². The molecule has 0 radical (unpaired) electrons. The number of hydrogen-bond donors (Lipinski definition) is 2. The van der Waals surface area contributed by atoms with Gasteiger partial charge in [0.25, 0.3) is 5.91 Å². The summed E-state index contributed by atoms with van der Waals surface area (Å²) in [5, 5.41) is 5.99. The maximum absolute atomic E-state index is 12.2. The predicted molar refractivity (Wildman–Crippen MR) is 98.8 cm³/mol. The first kappa shape index (κ1) is 15.9. The Morgan fingerprint density at radius 2 is 1.76 bits per heavy atom. The second-order valence-electron chi connectivity index (χ2n) is 4.73. The van der Waals surface area contributed by atoms with E-state index >= 15 is 0 Å². The van der Waals surface area contributed by atoms with E-state index in [1.807, 2.05) is 56.3 Å². The highest BCUT2D eigenvalue weighted by Crippen LogP contribution is 2.12. The molecule has 0 spiro atoms. The number of halogens is 1. The van der Waals surface area contributed by atoms with Crippen LogP contribution >= 0.6 is 34.8 Å². The molecule has 0 aliphatic carbocycles. The van der Waals surface area contributed by atoms with Crippen molar-refractivity contribution in [3.8, 4) is 0 Å². The standard InChI is InChI=1S/C16H15IN2OS/c1-10-3-8-14(11(2)9-10)15(20)19-16(21)18-13-6-4-12(17)5-7-13/h3-9H,1-2H3,(H2,18,19,20,21). The molecule has 2 aromatic rings. The van der Waals surface area contributed by atoms with Gasteiger partial charge in [-0.15, -0.1) is 0 Å². The fourth-order valence-corrected chi connectivity index (χ4v) is 2.50. The van der Waals surface area contributed by atoms with Crippen molar-refractivity contribution in [2.24, 2.45) is 0 Å².